The first kappa shape index (κ1) is 18.9. The summed E-state index contributed by atoms with van der Waals surface area (Å²) in [6, 6.07) is 6.45. The number of carbonyl (C=O) groups excluding carboxylic acids is 1. The zero-order chi connectivity index (χ0) is 18.9. The molecule has 0 saturated carbocycles. The van der Waals surface area contributed by atoms with E-state index in [1.165, 1.54) is 22.9 Å². The first-order chi connectivity index (χ1) is 12.3. The van der Waals surface area contributed by atoms with E-state index >= 15 is 0 Å². The van der Waals surface area contributed by atoms with Crippen LogP contribution in [0.1, 0.15) is 31.9 Å². The van der Waals surface area contributed by atoms with Gasteiger partial charge in [-0.15, -0.1) is 11.3 Å². The SMILES string of the molecule is CCOC(=O)C(C)(C)Sc1ncnc2scc(-c3ccc(C)c(C)c3)c12. The van der Waals surface area contributed by atoms with Gasteiger partial charge in [0, 0.05) is 10.9 Å². The maximum Gasteiger partial charge on any atom is 0.322 e. The number of rotatable bonds is 5. The lowest BCUT2D eigenvalue weighted by atomic mass is 10.0. The summed E-state index contributed by atoms with van der Waals surface area (Å²) in [5, 5.41) is 3.93. The molecule has 0 spiro atoms. The van der Waals surface area contributed by atoms with Crippen molar-refractivity contribution in [3.63, 3.8) is 0 Å². The molecule has 0 bridgehead atoms. The lowest BCUT2D eigenvalue weighted by Gasteiger charge is -2.21. The minimum Gasteiger partial charge on any atom is -0.465 e. The molecule has 26 heavy (non-hydrogen) atoms. The highest BCUT2D eigenvalue weighted by atomic mass is 32.2. The Morgan fingerprint density at radius 2 is 2.00 bits per heavy atom. The van der Waals surface area contributed by atoms with Gasteiger partial charge in [-0.05, 0) is 51.3 Å². The quantitative estimate of drug-likeness (QED) is 0.333. The first-order valence-corrected chi connectivity index (χ1v) is 10.2. The third-order valence-corrected chi connectivity index (χ3v) is 6.34. The molecule has 6 heteroatoms. The van der Waals surface area contributed by atoms with Gasteiger partial charge in [0.15, 0.2) is 0 Å². The minimum atomic E-state index is -0.723. The summed E-state index contributed by atoms with van der Waals surface area (Å²) < 4.78 is 4.49. The minimum absolute atomic E-state index is 0.236. The molecule has 0 aliphatic carbocycles. The second-order valence-corrected chi connectivity index (χ2v) is 9.11. The summed E-state index contributed by atoms with van der Waals surface area (Å²) in [6.45, 7) is 10.1. The zero-order valence-electron chi connectivity index (χ0n) is 15.6. The maximum absolute atomic E-state index is 12.3. The van der Waals surface area contributed by atoms with Crippen LogP contribution in [-0.2, 0) is 9.53 Å². The first-order valence-electron chi connectivity index (χ1n) is 8.49. The van der Waals surface area contributed by atoms with Crippen LogP contribution in [0, 0.1) is 13.8 Å². The lowest BCUT2D eigenvalue weighted by molar-refractivity contribution is -0.145. The third-order valence-electron chi connectivity index (χ3n) is 4.27. The summed E-state index contributed by atoms with van der Waals surface area (Å²) in [4.78, 5) is 22.1. The fourth-order valence-electron chi connectivity index (χ4n) is 2.63. The Morgan fingerprint density at radius 3 is 2.69 bits per heavy atom. The molecule has 1 aromatic carbocycles. The molecule has 0 radical (unpaired) electrons. The largest absolute Gasteiger partial charge is 0.465 e. The number of thiophene rings is 1. The number of hydrogen-bond donors (Lipinski definition) is 0. The number of ether oxygens (including phenoxy) is 1. The number of hydrogen-bond acceptors (Lipinski definition) is 6. The highest BCUT2D eigenvalue weighted by Crippen LogP contribution is 2.42. The van der Waals surface area contributed by atoms with Crippen molar-refractivity contribution in [1.82, 2.24) is 9.97 Å². The van der Waals surface area contributed by atoms with Gasteiger partial charge in [-0.25, -0.2) is 9.97 Å². The highest BCUT2D eigenvalue weighted by Gasteiger charge is 2.32. The molecule has 0 N–H and O–H groups in total. The van der Waals surface area contributed by atoms with Crippen LogP contribution in [0.3, 0.4) is 0 Å². The number of fused-ring (bicyclic) bond motifs is 1. The van der Waals surface area contributed by atoms with Crippen molar-refractivity contribution in [3.8, 4) is 11.1 Å². The van der Waals surface area contributed by atoms with Crippen molar-refractivity contribution in [3.05, 3.63) is 41.0 Å². The fourth-order valence-corrected chi connectivity index (χ4v) is 4.65. The van der Waals surface area contributed by atoms with Crippen LogP contribution in [0.4, 0.5) is 0 Å². The van der Waals surface area contributed by atoms with E-state index in [1.807, 2.05) is 20.8 Å². The summed E-state index contributed by atoms with van der Waals surface area (Å²) in [7, 11) is 0. The molecule has 2 aromatic heterocycles. The van der Waals surface area contributed by atoms with Gasteiger partial charge in [-0.2, -0.15) is 0 Å². The second-order valence-electron chi connectivity index (χ2n) is 6.64. The van der Waals surface area contributed by atoms with E-state index in [4.69, 9.17) is 4.74 Å². The standard InChI is InChI=1S/C20H22N2O2S2/c1-6-24-19(23)20(4,5)26-18-16-15(10-25-17(16)21-11-22-18)14-8-7-12(2)13(3)9-14/h7-11H,6H2,1-5H3. The monoisotopic (exact) mass is 386 g/mol. The van der Waals surface area contributed by atoms with E-state index in [-0.39, 0.29) is 5.97 Å². The lowest BCUT2D eigenvalue weighted by Crippen LogP contribution is -2.30. The van der Waals surface area contributed by atoms with E-state index in [2.05, 4.69) is 47.4 Å². The Balaban J connectivity index is 2.08. The van der Waals surface area contributed by atoms with Gasteiger partial charge >= 0.3 is 5.97 Å². The molecule has 0 aliphatic rings. The van der Waals surface area contributed by atoms with Crippen molar-refractivity contribution >= 4 is 39.3 Å². The van der Waals surface area contributed by atoms with E-state index in [0.29, 0.717) is 6.61 Å². The number of carbonyl (C=O) groups is 1. The summed E-state index contributed by atoms with van der Waals surface area (Å²) in [6.07, 6.45) is 1.56. The molecular formula is C20H22N2O2S2. The maximum atomic E-state index is 12.3. The van der Waals surface area contributed by atoms with Gasteiger partial charge in [0.25, 0.3) is 0 Å². The summed E-state index contributed by atoms with van der Waals surface area (Å²) in [5.41, 5.74) is 4.77. The molecule has 2 heterocycles. The van der Waals surface area contributed by atoms with Crippen molar-refractivity contribution in [2.24, 2.45) is 0 Å². The van der Waals surface area contributed by atoms with E-state index in [9.17, 15) is 4.79 Å². The summed E-state index contributed by atoms with van der Waals surface area (Å²) in [5.74, 6) is -0.236. The molecule has 0 aliphatic heterocycles. The van der Waals surface area contributed by atoms with Gasteiger partial charge in [0.05, 0.1) is 12.0 Å². The van der Waals surface area contributed by atoms with Gasteiger partial charge in [-0.3, -0.25) is 4.79 Å². The number of thioether (sulfide) groups is 1. The predicted octanol–water partition coefficient (Wildman–Crippen LogP) is 5.41. The Hall–Kier alpha value is -1.92. The number of aromatic nitrogens is 2. The molecule has 3 rings (SSSR count). The third kappa shape index (κ3) is 3.62. The van der Waals surface area contributed by atoms with Crippen molar-refractivity contribution in [2.45, 2.75) is 44.4 Å². The predicted molar refractivity (Wildman–Crippen MR) is 109 cm³/mol. The van der Waals surface area contributed by atoms with Crippen LogP contribution in [0.15, 0.2) is 34.9 Å². The Bertz CT molecular complexity index is 964. The van der Waals surface area contributed by atoms with Crippen LogP contribution in [0.25, 0.3) is 21.3 Å². The van der Waals surface area contributed by atoms with Crippen LogP contribution in [0.5, 0.6) is 0 Å². The normalized spacial score (nSPS) is 11.7. The van der Waals surface area contributed by atoms with Gasteiger partial charge < -0.3 is 4.74 Å². The Labute approximate surface area is 162 Å². The highest BCUT2D eigenvalue weighted by molar-refractivity contribution is 8.01. The van der Waals surface area contributed by atoms with Crippen molar-refractivity contribution < 1.29 is 9.53 Å². The van der Waals surface area contributed by atoms with Crippen molar-refractivity contribution in [1.29, 1.82) is 0 Å². The number of nitrogens with zero attached hydrogens (tertiary/aromatic N) is 2. The van der Waals surface area contributed by atoms with Gasteiger partial charge in [0.1, 0.15) is 20.9 Å². The fraction of sp³-hybridized carbons (Fsp3) is 0.350. The molecule has 0 saturated heterocycles. The summed E-state index contributed by atoms with van der Waals surface area (Å²) >= 11 is 3.02. The molecule has 0 fully saturated rings. The van der Waals surface area contributed by atoms with E-state index in [1.54, 1.807) is 17.7 Å². The number of aryl methyl sites for hydroxylation is 2. The topological polar surface area (TPSA) is 52.1 Å². The molecule has 0 amide bonds. The molecule has 3 aromatic rings. The molecular weight excluding hydrogens is 364 g/mol. The molecule has 0 unspecified atom stereocenters. The van der Waals surface area contributed by atoms with Gasteiger partial charge in [-0.1, -0.05) is 30.0 Å². The van der Waals surface area contributed by atoms with Crippen LogP contribution in [0.2, 0.25) is 0 Å². The Morgan fingerprint density at radius 1 is 1.23 bits per heavy atom. The second kappa shape index (κ2) is 7.37. The average Bonchev–Trinajstić information content (AvgIpc) is 3.02. The number of benzene rings is 1. The van der Waals surface area contributed by atoms with Gasteiger partial charge in [0.2, 0.25) is 0 Å². The van der Waals surface area contributed by atoms with Crippen LogP contribution in [-0.4, -0.2) is 27.3 Å². The average molecular weight is 387 g/mol. The Kier molecular flexibility index (Phi) is 5.34. The van der Waals surface area contributed by atoms with E-state index in [0.717, 1.165) is 26.4 Å². The molecule has 0 atom stereocenters. The number of esters is 1. The van der Waals surface area contributed by atoms with Crippen molar-refractivity contribution in [2.75, 3.05) is 6.61 Å². The van der Waals surface area contributed by atoms with Crippen LogP contribution >= 0.6 is 23.1 Å². The smallest absolute Gasteiger partial charge is 0.322 e. The van der Waals surface area contributed by atoms with Crippen LogP contribution < -0.4 is 0 Å². The molecule has 4 nitrogen and oxygen atoms in total. The molecule has 136 valence electrons. The van der Waals surface area contributed by atoms with E-state index < -0.39 is 4.75 Å². The zero-order valence-corrected chi connectivity index (χ0v) is 17.3.